The third-order valence-corrected chi connectivity index (χ3v) is 2.08. The van der Waals surface area contributed by atoms with E-state index in [0.717, 1.165) is 45.8 Å². The topological polar surface area (TPSA) is 30.5 Å². The lowest BCUT2D eigenvalue weighted by Crippen LogP contribution is -2.24. The van der Waals surface area contributed by atoms with Gasteiger partial charge < -0.3 is 14.8 Å². The van der Waals surface area contributed by atoms with Gasteiger partial charge >= 0.3 is 0 Å². The highest BCUT2D eigenvalue weighted by Crippen LogP contribution is 1.97. The third-order valence-electron chi connectivity index (χ3n) is 2.08. The van der Waals surface area contributed by atoms with Gasteiger partial charge in [0.25, 0.3) is 0 Å². The average molecular weight is 215 g/mol. The molecule has 0 saturated carbocycles. The van der Waals surface area contributed by atoms with Crippen LogP contribution in [-0.4, -0.2) is 39.0 Å². The molecule has 0 bridgehead atoms. The van der Waals surface area contributed by atoms with Gasteiger partial charge in [-0.3, -0.25) is 0 Å². The maximum Gasteiger partial charge on any atom is 0.0590 e. The van der Waals surface area contributed by atoms with Crippen molar-refractivity contribution in [1.29, 1.82) is 0 Å². The molecule has 0 aliphatic heterocycles. The fourth-order valence-electron chi connectivity index (χ4n) is 1.15. The van der Waals surface area contributed by atoms with E-state index in [-0.39, 0.29) is 0 Å². The molecule has 90 valence electrons. The number of hydrogen-bond donors (Lipinski definition) is 1. The molecule has 0 saturated heterocycles. The van der Waals surface area contributed by atoms with Gasteiger partial charge in [0.1, 0.15) is 0 Å². The Balaban J connectivity index is 3.09. The number of ether oxygens (including phenoxy) is 2. The van der Waals surface area contributed by atoms with Gasteiger partial charge in [0.15, 0.2) is 0 Å². The standard InChI is InChI=1S/C12H25NO2/c1-4-6-10-15-12(3)7-8-13-9-11-14-5-2/h4,12-13H,1,5-11H2,2-3H3. The van der Waals surface area contributed by atoms with Gasteiger partial charge in [0.2, 0.25) is 0 Å². The van der Waals surface area contributed by atoms with Crippen LogP contribution in [0.15, 0.2) is 12.7 Å². The van der Waals surface area contributed by atoms with Crippen molar-refractivity contribution in [3.63, 3.8) is 0 Å². The Hall–Kier alpha value is -0.380. The van der Waals surface area contributed by atoms with Crippen molar-refractivity contribution >= 4 is 0 Å². The summed E-state index contributed by atoms with van der Waals surface area (Å²) in [5.74, 6) is 0. The van der Waals surface area contributed by atoms with Crippen molar-refractivity contribution in [2.75, 3.05) is 32.9 Å². The molecule has 1 N–H and O–H groups in total. The summed E-state index contributed by atoms with van der Waals surface area (Å²) < 4.78 is 10.8. The average Bonchev–Trinajstić information content (AvgIpc) is 2.23. The fraction of sp³-hybridized carbons (Fsp3) is 0.833. The van der Waals surface area contributed by atoms with Crippen molar-refractivity contribution in [2.45, 2.75) is 32.8 Å². The minimum absolute atomic E-state index is 0.324. The van der Waals surface area contributed by atoms with Crippen LogP contribution in [0.3, 0.4) is 0 Å². The number of hydrogen-bond acceptors (Lipinski definition) is 3. The van der Waals surface area contributed by atoms with E-state index in [2.05, 4.69) is 18.8 Å². The van der Waals surface area contributed by atoms with Crippen molar-refractivity contribution in [3.05, 3.63) is 12.7 Å². The number of nitrogens with one attached hydrogen (secondary N) is 1. The molecule has 15 heavy (non-hydrogen) atoms. The Morgan fingerprint density at radius 2 is 2.13 bits per heavy atom. The zero-order valence-electron chi connectivity index (χ0n) is 10.1. The Morgan fingerprint density at radius 1 is 1.33 bits per heavy atom. The zero-order chi connectivity index (χ0) is 11.4. The molecule has 0 radical (unpaired) electrons. The minimum Gasteiger partial charge on any atom is -0.380 e. The molecule has 0 aromatic rings. The van der Waals surface area contributed by atoms with Crippen LogP contribution in [-0.2, 0) is 9.47 Å². The molecule has 1 atom stereocenters. The zero-order valence-corrected chi connectivity index (χ0v) is 10.1. The second-order valence-electron chi connectivity index (χ2n) is 3.49. The predicted molar refractivity (Wildman–Crippen MR) is 64.2 cm³/mol. The van der Waals surface area contributed by atoms with E-state index in [1.54, 1.807) is 0 Å². The Kier molecular flexibility index (Phi) is 11.4. The van der Waals surface area contributed by atoms with Crippen LogP contribution in [0.25, 0.3) is 0 Å². The van der Waals surface area contributed by atoms with Crippen LogP contribution in [0.5, 0.6) is 0 Å². The molecule has 3 nitrogen and oxygen atoms in total. The second kappa shape index (κ2) is 11.7. The van der Waals surface area contributed by atoms with E-state index in [0.29, 0.717) is 6.10 Å². The van der Waals surface area contributed by atoms with Crippen LogP contribution in [0.1, 0.15) is 26.7 Å². The second-order valence-corrected chi connectivity index (χ2v) is 3.49. The van der Waals surface area contributed by atoms with Gasteiger partial charge in [-0.1, -0.05) is 6.08 Å². The van der Waals surface area contributed by atoms with Crippen LogP contribution in [0.4, 0.5) is 0 Å². The lowest BCUT2D eigenvalue weighted by Gasteiger charge is -2.12. The van der Waals surface area contributed by atoms with E-state index in [1.807, 2.05) is 13.0 Å². The Morgan fingerprint density at radius 3 is 2.80 bits per heavy atom. The number of rotatable bonds is 11. The van der Waals surface area contributed by atoms with Crippen molar-refractivity contribution in [3.8, 4) is 0 Å². The van der Waals surface area contributed by atoms with Gasteiger partial charge in [0, 0.05) is 13.2 Å². The summed E-state index contributed by atoms with van der Waals surface area (Å²) in [4.78, 5) is 0. The monoisotopic (exact) mass is 215 g/mol. The molecule has 0 spiro atoms. The molecular formula is C12H25NO2. The van der Waals surface area contributed by atoms with E-state index >= 15 is 0 Å². The normalized spacial score (nSPS) is 12.7. The first-order valence-electron chi connectivity index (χ1n) is 5.82. The van der Waals surface area contributed by atoms with E-state index < -0.39 is 0 Å². The maximum atomic E-state index is 5.57. The van der Waals surface area contributed by atoms with Crippen molar-refractivity contribution in [1.82, 2.24) is 5.32 Å². The molecule has 0 amide bonds. The smallest absolute Gasteiger partial charge is 0.0590 e. The minimum atomic E-state index is 0.324. The van der Waals surface area contributed by atoms with Gasteiger partial charge in [-0.05, 0) is 33.2 Å². The fourth-order valence-corrected chi connectivity index (χ4v) is 1.15. The largest absolute Gasteiger partial charge is 0.380 e. The molecule has 0 aliphatic rings. The summed E-state index contributed by atoms with van der Waals surface area (Å²) in [7, 11) is 0. The molecule has 0 rings (SSSR count). The maximum absolute atomic E-state index is 5.57. The Bertz CT molecular complexity index is 140. The van der Waals surface area contributed by atoms with Gasteiger partial charge in [-0.25, -0.2) is 0 Å². The van der Waals surface area contributed by atoms with E-state index in [1.165, 1.54) is 0 Å². The summed E-state index contributed by atoms with van der Waals surface area (Å²) in [6.07, 6.45) is 4.18. The first-order valence-corrected chi connectivity index (χ1v) is 5.82. The van der Waals surface area contributed by atoms with Crippen molar-refractivity contribution < 1.29 is 9.47 Å². The predicted octanol–water partition coefficient (Wildman–Crippen LogP) is 1.98. The molecule has 0 fully saturated rings. The molecule has 3 heteroatoms. The lowest BCUT2D eigenvalue weighted by atomic mass is 10.3. The van der Waals surface area contributed by atoms with Crippen LogP contribution in [0, 0.1) is 0 Å². The molecule has 0 heterocycles. The summed E-state index contributed by atoms with van der Waals surface area (Å²) in [5, 5.41) is 3.32. The summed E-state index contributed by atoms with van der Waals surface area (Å²) in [6.45, 7) is 12.1. The summed E-state index contributed by atoms with van der Waals surface area (Å²) >= 11 is 0. The summed E-state index contributed by atoms with van der Waals surface area (Å²) in [5.41, 5.74) is 0. The first-order chi connectivity index (χ1) is 7.31. The molecular weight excluding hydrogens is 190 g/mol. The van der Waals surface area contributed by atoms with Gasteiger partial charge in [-0.15, -0.1) is 6.58 Å². The highest BCUT2D eigenvalue weighted by atomic mass is 16.5. The molecule has 0 aromatic carbocycles. The molecule has 0 aromatic heterocycles. The summed E-state index contributed by atoms with van der Waals surface area (Å²) in [6, 6.07) is 0. The first kappa shape index (κ1) is 14.6. The van der Waals surface area contributed by atoms with Crippen LogP contribution in [0.2, 0.25) is 0 Å². The SMILES string of the molecule is C=CCCOC(C)CCNCCOCC. The van der Waals surface area contributed by atoms with Crippen LogP contribution < -0.4 is 5.32 Å². The van der Waals surface area contributed by atoms with Gasteiger partial charge in [-0.2, -0.15) is 0 Å². The highest BCUT2D eigenvalue weighted by Gasteiger charge is 2.00. The molecule has 1 unspecified atom stereocenters. The Labute approximate surface area is 93.8 Å². The molecule has 0 aliphatic carbocycles. The van der Waals surface area contributed by atoms with E-state index in [9.17, 15) is 0 Å². The highest BCUT2D eigenvalue weighted by molar-refractivity contribution is 4.65. The lowest BCUT2D eigenvalue weighted by molar-refractivity contribution is 0.0632. The van der Waals surface area contributed by atoms with E-state index in [4.69, 9.17) is 9.47 Å². The third kappa shape index (κ3) is 11.5. The van der Waals surface area contributed by atoms with Gasteiger partial charge in [0.05, 0.1) is 19.3 Å². The quantitative estimate of drug-likeness (QED) is 0.422. The van der Waals surface area contributed by atoms with Crippen LogP contribution >= 0.6 is 0 Å². The van der Waals surface area contributed by atoms with Crippen molar-refractivity contribution in [2.24, 2.45) is 0 Å².